The van der Waals surface area contributed by atoms with E-state index in [0.29, 0.717) is 19.6 Å². The first-order chi connectivity index (χ1) is 10.2. The highest BCUT2D eigenvalue weighted by Crippen LogP contribution is 1.98. The van der Waals surface area contributed by atoms with Gasteiger partial charge in [0.05, 0.1) is 13.1 Å². The highest BCUT2D eigenvalue weighted by Gasteiger charge is 2.12. The van der Waals surface area contributed by atoms with Gasteiger partial charge in [0.2, 0.25) is 11.8 Å². The smallest absolute Gasteiger partial charge is 0.234 e. The maximum atomic E-state index is 11.9. The van der Waals surface area contributed by atoms with Gasteiger partial charge in [-0.05, 0) is 25.5 Å². The number of nitrogens with zero attached hydrogens (tertiary/aromatic N) is 1. The molecule has 0 atom stereocenters. The van der Waals surface area contributed by atoms with Crippen molar-refractivity contribution in [2.24, 2.45) is 0 Å². The number of amides is 2. The zero-order chi connectivity index (χ0) is 15.5. The predicted molar refractivity (Wildman–Crippen MR) is 84.0 cm³/mol. The third kappa shape index (κ3) is 7.46. The monoisotopic (exact) mass is 291 g/mol. The summed E-state index contributed by atoms with van der Waals surface area (Å²) in [6.07, 6.45) is 0.815. The van der Waals surface area contributed by atoms with Crippen LogP contribution in [-0.4, -0.2) is 49.4 Å². The largest absolute Gasteiger partial charge is 0.355 e. The van der Waals surface area contributed by atoms with E-state index in [1.54, 1.807) is 0 Å². The van der Waals surface area contributed by atoms with Gasteiger partial charge in [-0.1, -0.05) is 37.3 Å². The van der Waals surface area contributed by atoms with E-state index in [1.807, 2.05) is 49.1 Å². The third-order valence-electron chi connectivity index (χ3n) is 3.13. The van der Waals surface area contributed by atoms with Gasteiger partial charge in [0.25, 0.3) is 0 Å². The van der Waals surface area contributed by atoms with Gasteiger partial charge in [-0.3, -0.25) is 14.5 Å². The fraction of sp³-hybridized carbons (Fsp3) is 0.500. The molecule has 0 saturated heterocycles. The van der Waals surface area contributed by atoms with Crippen LogP contribution in [0.2, 0.25) is 0 Å². The molecule has 0 aliphatic heterocycles. The Hall–Kier alpha value is -1.88. The average molecular weight is 291 g/mol. The van der Waals surface area contributed by atoms with E-state index in [4.69, 9.17) is 0 Å². The van der Waals surface area contributed by atoms with Gasteiger partial charge in [0, 0.05) is 13.1 Å². The highest BCUT2D eigenvalue weighted by atomic mass is 16.2. The van der Waals surface area contributed by atoms with Crippen LogP contribution < -0.4 is 10.6 Å². The zero-order valence-electron chi connectivity index (χ0n) is 12.9. The summed E-state index contributed by atoms with van der Waals surface area (Å²) < 4.78 is 0. The topological polar surface area (TPSA) is 61.4 Å². The minimum atomic E-state index is -0.0450. The first-order valence-electron chi connectivity index (χ1n) is 7.45. The lowest BCUT2D eigenvalue weighted by atomic mass is 10.1. The third-order valence-corrected chi connectivity index (χ3v) is 3.13. The molecular weight excluding hydrogens is 266 g/mol. The Morgan fingerprint density at radius 3 is 2.19 bits per heavy atom. The highest BCUT2D eigenvalue weighted by molar-refractivity contribution is 5.81. The van der Waals surface area contributed by atoms with E-state index in [1.165, 1.54) is 5.56 Å². The Bertz CT molecular complexity index is 434. The van der Waals surface area contributed by atoms with Crippen LogP contribution in [0.3, 0.4) is 0 Å². The summed E-state index contributed by atoms with van der Waals surface area (Å²) in [5.41, 5.74) is 1.20. The van der Waals surface area contributed by atoms with Crippen LogP contribution in [-0.2, 0) is 16.0 Å². The fourth-order valence-corrected chi connectivity index (χ4v) is 1.99. The molecule has 0 aliphatic rings. The second kappa shape index (κ2) is 9.94. The molecule has 2 N–H and O–H groups in total. The quantitative estimate of drug-likeness (QED) is 0.707. The van der Waals surface area contributed by atoms with Crippen LogP contribution in [0.1, 0.15) is 19.4 Å². The van der Waals surface area contributed by atoms with Crippen molar-refractivity contribution in [3.8, 4) is 0 Å². The fourth-order valence-electron chi connectivity index (χ4n) is 1.99. The molecule has 0 aliphatic carbocycles. The molecule has 21 heavy (non-hydrogen) atoms. The lowest BCUT2D eigenvalue weighted by Gasteiger charge is -2.19. The normalized spacial score (nSPS) is 10.4. The van der Waals surface area contributed by atoms with Crippen LogP contribution in [0.25, 0.3) is 0 Å². The van der Waals surface area contributed by atoms with Gasteiger partial charge in [0.1, 0.15) is 0 Å². The van der Waals surface area contributed by atoms with Gasteiger partial charge in [-0.25, -0.2) is 0 Å². The van der Waals surface area contributed by atoms with E-state index in [9.17, 15) is 9.59 Å². The second-order valence-electron chi connectivity index (χ2n) is 4.84. The van der Waals surface area contributed by atoms with Crippen molar-refractivity contribution in [1.82, 2.24) is 15.5 Å². The van der Waals surface area contributed by atoms with Gasteiger partial charge >= 0.3 is 0 Å². The van der Waals surface area contributed by atoms with E-state index < -0.39 is 0 Å². The molecule has 0 bridgehead atoms. The lowest BCUT2D eigenvalue weighted by Crippen LogP contribution is -2.43. The minimum absolute atomic E-state index is 0.0444. The molecular formula is C16H25N3O2. The predicted octanol–water partition coefficient (Wildman–Crippen LogP) is 0.803. The van der Waals surface area contributed by atoms with Crippen LogP contribution >= 0.6 is 0 Å². The Morgan fingerprint density at radius 1 is 1.00 bits per heavy atom. The van der Waals surface area contributed by atoms with Gasteiger partial charge < -0.3 is 10.6 Å². The standard InChI is InChI=1S/C16H25N3O2/c1-3-17-15(20)12-19(4-2)13-16(21)18-11-10-14-8-6-5-7-9-14/h5-9H,3-4,10-13H2,1-2H3,(H,17,20)(H,18,21). The van der Waals surface area contributed by atoms with Crippen molar-refractivity contribution in [3.63, 3.8) is 0 Å². The molecule has 1 aromatic rings. The second-order valence-corrected chi connectivity index (χ2v) is 4.84. The zero-order valence-corrected chi connectivity index (χ0v) is 12.9. The number of hydrogen-bond acceptors (Lipinski definition) is 3. The lowest BCUT2D eigenvalue weighted by molar-refractivity contribution is -0.125. The average Bonchev–Trinajstić information content (AvgIpc) is 2.48. The summed E-state index contributed by atoms with van der Waals surface area (Å²) in [7, 11) is 0. The molecule has 0 fully saturated rings. The first kappa shape index (κ1) is 17.2. The summed E-state index contributed by atoms with van der Waals surface area (Å²) >= 11 is 0. The summed E-state index contributed by atoms with van der Waals surface area (Å²) in [4.78, 5) is 25.2. The summed E-state index contributed by atoms with van der Waals surface area (Å²) in [6.45, 7) is 6.23. The molecule has 1 aromatic carbocycles. The van der Waals surface area contributed by atoms with Gasteiger partial charge in [0.15, 0.2) is 0 Å². The summed E-state index contributed by atoms with van der Waals surface area (Å²) in [5, 5.41) is 5.62. The molecule has 0 unspecified atom stereocenters. The molecule has 0 spiro atoms. The summed E-state index contributed by atoms with van der Waals surface area (Å²) in [5.74, 6) is -0.0893. The van der Waals surface area contributed by atoms with E-state index in [-0.39, 0.29) is 24.9 Å². The number of hydrogen-bond donors (Lipinski definition) is 2. The number of carbonyl (C=O) groups is 2. The first-order valence-corrected chi connectivity index (χ1v) is 7.45. The van der Waals surface area contributed by atoms with E-state index in [2.05, 4.69) is 10.6 Å². The van der Waals surface area contributed by atoms with Crippen molar-refractivity contribution in [3.05, 3.63) is 35.9 Å². The van der Waals surface area contributed by atoms with Crippen LogP contribution in [0.5, 0.6) is 0 Å². The molecule has 0 heterocycles. The molecule has 2 amide bonds. The maximum Gasteiger partial charge on any atom is 0.234 e. The number of likely N-dealkylation sites (N-methyl/N-ethyl adjacent to an activating group) is 2. The van der Waals surface area contributed by atoms with Crippen molar-refractivity contribution < 1.29 is 9.59 Å². The molecule has 1 rings (SSSR count). The van der Waals surface area contributed by atoms with Crippen LogP contribution in [0, 0.1) is 0 Å². The maximum absolute atomic E-state index is 11.9. The number of rotatable bonds is 9. The Labute approximate surface area is 126 Å². The van der Waals surface area contributed by atoms with Crippen LogP contribution in [0.15, 0.2) is 30.3 Å². The van der Waals surface area contributed by atoms with Crippen molar-refractivity contribution >= 4 is 11.8 Å². The van der Waals surface area contributed by atoms with Crippen molar-refractivity contribution in [2.75, 3.05) is 32.7 Å². The number of nitrogens with one attached hydrogen (secondary N) is 2. The minimum Gasteiger partial charge on any atom is -0.355 e. The molecule has 5 heteroatoms. The summed E-state index contributed by atoms with van der Waals surface area (Å²) in [6, 6.07) is 10.0. The molecule has 0 aromatic heterocycles. The molecule has 5 nitrogen and oxygen atoms in total. The number of benzene rings is 1. The van der Waals surface area contributed by atoms with E-state index in [0.717, 1.165) is 6.42 Å². The molecule has 0 radical (unpaired) electrons. The Balaban J connectivity index is 2.26. The Kier molecular flexibility index (Phi) is 8.12. The SMILES string of the molecule is CCNC(=O)CN(CC)CC(=O)NCCc1ccccc1. The number of carbonyl (C=O) groups excluding carboxylic acids is 2. The Morgan fingerprint density at radius 2 is 1.62 bits per heavy atom. The molecule has 0 saturated carbocycles. The van der Waals surface area contributed by atoms with Crippen molar-refractivity contribution in [1.29, 1.82) is 0 Å². The van der Waals surface area contributed by atoms with Crippen LogP contribution in [0.4, 0.5) is 0 Å². The van der Waals surface area contributed by atoms with Crippen molar-refractivity contribution in [2.45, 2.75) is 20.3 Å². The van der Waals surface area contributed by atoms with Gasteiger partial charge in [-0.15, -0.1) is 0 Å². The van der Waals surface area contributed by atoms with Gasteiger partial charge in [-0.2, -0.15) is 0 Å². The molecule has 116 valence electrons. The van der Waals surface area contributed by atoms with E-state index >= 15 is 0 Å².